The van der Waals surface area contributed by atoms with Gasteiger partial charge >= 0.3 is 0 Å². The third-order valence-corrected chi connectivity index (χ3v) is 5.90. The molecule has 1 aliphatic heterocycles. The van der Waals surface area contributed by atoms with Crippen LogP contribution in [0.3, 0.4) is 0 Å². The van der Waals surface area contributed by atoms with Gasteiger partial charge in [-0.25, -0.2) is 0 Å². The fraction of sp³-hybridized carbons (Fsp3) is 0.500. The van der Waals surface area contributed by atoms with Gasteiger partial charge in [0.05, 0.1) is 19.3 Å². The second kappa shape index (κ2) is 10.7. The Morgan fingerprint density at radius 1 is 1.03 bits per heavy atom. The first-order chi connectivity index (χ1) is 15.5. The molecule has 4 rings (SSSR count). The first kappa shape index (κ1) is 22.5. The Kier molecular flexibility index (Phi) is 7.53. The minimum absolute atomic E-state index is 0.0158. The van der Waals surface area contributed by atoms with Crippen molar-refractivity contribution in [3.05, 3.63) is 48.5 Å². The summed E-state index contributed by atoms with van der Waals surface area (Å²) in [7, 11) is 0. The fourth-order valence-electron chi connectivity index (χ4n) is 3.94. The number of rotatable bonds is 10. The zero-order valence-electron chi connectivity index (χ0n) is 19.1. The van der Waals surface area contributed by atoms with Crippen LogP contribution in [0.15, 0.2) is 48.5 Å². The molecule has 1 saturated carbocycles. The van der Waals surface area contributed by atoms with Crippen molar-refractivity contribution in [2.75, 3.05) is 31.2 Å². The van der Waals surface area contributed by atoms with Crippen molar-refractivity contribution in [2.24, 2.45) is 5.92 Å². The molecule has 172 valence electrons. The molecule has 2 aromatic rings. The molecule has 1 saturated heterocycles. The van der Waals surface area contributed by atoms with Crippen molar-refractivity contribution in [3.8, 4) is 17.2 Å². The standard InChI is InChI=1S/C26H34N2O4/c1-19(27-20(2)29)17-30-23-12-14-28(15-13-23)22-8-10-24(11-9-22)32-26-5-3-4-25(16-26)31-18-21-6-7-21/h3-5,8-11,16,19,21,23H,6-7,12-15,17-18H2,1-2H3,(H,27,29). The Bertz CT molecular complexity index is 874. The quantitative estimate of drug-likeness (QED) is 0.579. The summed E-state index contributed by atoms with van der Waals surface area (Å²) in [6.07, 6.45) is 4.78. The summed E-state index contributed by atoms with van der Waals surface area (Å²) in [4.78, 5) is 13.5. The van der Waals surface area contributed by atoms with E-state index in [1.54, 1.807) is 0 Å². The Morgan fingerprint density at radius 2 is 1.75 bits per heavy atom. The number of ether oxygens (including phenoxy) is 3. The highest BCUT2D eigenvalue weighted by atomic mass is 16.5. The number of hydrogen-bond donors (Lipinski definition) is 1. The zero-order valence-corrected chi connectivity index (χ0v) is 19.1. The molecular weight excluding hydrogens is 404 g/mol. The molecule has 0 aromatic heterocycles. The van der Waals surface area contributed by atoms with Gasteiger partial charge in [0.2, 0.25) is 5.91 Å². The van der Waals surface area contributed by atoms with Crippen LogP contribution in [0.4, 0.5) is 5.69 Å². The first-order valence-electron chi connectivity index (χ1n) is 11.7. The van der Waals surface area contributed by atoms with E-state index in [0.29, 0.717) is 6.61 Å². The van der Waals surface area contributed by atoms with E-state index in [4.69, 9.17) is 14.2 Å². The van der Waals surface area contributed by atoms with E-state index in [1.165, 1.54) is 25.5 Å². The van der Waals surface area contributed by atoms with Gasteiger partial charge in [-0.05, 0) is 74.9 Å². The number of anilines is 1. The third kappa shape index (κ3) is 6.89. The van der Waals surface area contributed by atoms with E-state index in [9.17, 15) is 4.79 Å². The molecule has 2 aliphatic rings. The minimum atomic E-state index is -0.0158. The number of nitrogens with zero attached hydrogens (tertiary/aromatic N) is 1. The number of carbonyl (C=O) groups excluding carboxylic acids is 1. The van der Waals surface area contributed by atoms with Crippen molar-refractivity contribution in [1.29, 1.82) is 0 Å². The van der Waals surface area contributed by atoms with Crippen LogP contribution in [0.2, 0.25) is 0 Å². The van der Waals surface area contributed by atoms with E-state index >= 15 is 0 Å². The molecule has 6 nitrogen and oxygen atoms in total. The second-order valence-corrected chi connectivity index (χ2v) is 8.95. The van der Waals surface area contributed by atoms with Gasteiger partial charge in [-0.1, -0.05) is 6.07 Å². The van der Waals surface area contributed by atoms with Crippen molar-refractivity contribution in [1.82, 2.24) is 5.32 Å². The molecule has 1 heterocycles. The molecule has 0 bridgehead atoms. The Hall–Kier alpha value is -2.73. The predicted octanol–water partition coefficient (Wildman–Crippen LogP) is 4.78. The number of nitrogens with one attached hydrogen (secondary N) is 1. The van der Waals surface area contributed by atoms with Crippen LogP contribution in [0.1, 0.15) is 39.5 Å². The maximum absolute atomic E-state index is 11.1. The van der Waals surface area contributed by atoms with Gasteiger partial charge in [0.25, 0.3) is 0 Å². The lowest BCUT2D eigenvalue weighted by molar-refractivity contribution is -0.120. The normalized spacial score (nSPS) is 17.6. The molecule has 1 aliphatic carbocycles. The molecule has 2 fully saturated rings. The lowest BCUT2D eigenvalue weighted by atomic mass is 10.1. The SMILES string of the molecule is CC(=O)NC(C)COC1CCN(c2ccc(Oc3cccc(OCC4CC4)c3)cc2)CC1. The Labute approximate surface area is 190 Å². The average molecular weight is 439 g/mol. The summed E-state index contributed by atoms with van der Waals surface area (Å²) < 4.78 is 17.9. The van der Waals surface area contributed by atoms with Crippen molar-refractivity contribution >= 4 is 11.6 Å². The van der Waals surface area contributed by atoms with Crippen molar-refractivity contribution < 1.29 is 19.0 Å². The molecule has 2 aromatic carbocycles. The molecule has 1 atom stereocenters. The van der Waals surface area contributed by atoms with Gasteiger partial charge in [-0.3, -0.25) is 4.79 Å². The average Bonchev–Trinajstić information content (AvgIpc) is 3.62. The lowest BCUT2D eigenvalue weighted by Crippen LogP contribution is -2.40. The van der Waals surface area contributed by atoms with Crippen LogP contribution >= 0.6 is 0 Å². The monoisotopic (exact) mass is 438 g/mol. The number of amides is 1. The summed E-state index contributed by atoms with van der Waals surface area (Å²) in [5.41, 5.74) is 1.20. The van der Waals surface area contributed by atoms with Crippen molar-refractivity contribution in [3.63, 3.8) is 0 Å². The minimum Gasteiger partial charge on any atom is -0.493 e. The largest absolute Gasteiger partial charge is 0.493 e. The summed E-state index contributed by atoms with van der Waals surface area (Å²) >= 11 is 0. The Morgan fingerprint density at radius 3 is 2.44 bits per heavy atom. The smallest absolute Gasteiger partial charge is 0.217 e. The van der Waals surface area contributed by atoms with Gasteiger partial charge in [-0.15, -0.1) is 0 Å². The van der Waals surface area contributed by atoms with Crippen LogP contribution in [0, 0.1) is 5.92 Å². The molecule has 1 N–H and O–H groups in total. The van der Waals surface area contributed by atoms with Gasteiger partial charge in [-0.2, -0.15) is 0 Å². The van der Waals surface area contributed by atoms with Crippen LogP contribution in [0.5, 0.6) is 17.2 Å². The Balaban J connectivity index is 1.23. The van der Waals surface area contributed by atoms with Crippen LogP contribution in [-0.4, -0.2) is 44.4 Å². The lowest BCUT2D eigenvalue weighted by Gasteiger charge is -2.34. The maximum Gasteiger partial charge on any atom is 0.217 e. The summed E-state index contributed by atoms with van der Waals surface area (Å²) in [5, 5.41) is 2.86. The second-order valence-electron chi connectivity index (χ2n) is 8.95. The number of carbonyl (C=O) groups is 1. The van der Waals surface area contributed by atoms with Gasteiger partial charge < -0.3 is 24.4 Å². The summed E-state index contributed by atoms with van der Waals surface area (Å²) in [6, 6.07) is 16.2. The number of hydrogen-bond acceptors (Lipinski definition) is 5. The molecular formula is C26H34N2O4. The van der Waals surface area contributed by atoms with Crippen LogP contribution in [0.25, 0.3) is 0 Å². The van der Waals surface area contributed by atoms with Gasteiger partial charge in [0.15, 0.2) is 0 Å². The fourth-order valence-corrected chi connectivity index (χ4v) is 3.94. The highest BCUT2D eigenvalue weighted by Crippen LogP contribution is 2.31. The molecule has 32 heavy (non-hydrogen) atoms. The van der Waals surface area contributed by atoms with E-state index in [2.05, 4.69) is 22.3 Å². The number of piperidine rings is 1. The highest BCUT2D eigenvalue weighted by Gasteiger charge is 2.22. The summed E-state index contributed by atoms with van der Waals surface area (Å²) in [6.45, 7) is 6.78. The van der Waals surface area contributed by atoms with E-state index < -0.39 is 0 Å². The highest BCUT2D eigenvalue weighted by molar-refractivity contribution is 5.73. The van der Waals surface area contributed by atoms with E-state index in [-0.39, 0.29) is 18.1 Å². The molecule has 1 unspecified atom stereocenters. The molecule has 0 radical (unpaired) electrons. The van der Waals surface area contributed by atoms with E-state index in [1.807, 2.05) is 43.3 Å². The van der Waals surface area contributed by atoms with Crippen LogP contribution in [-0.2, 0) is 9.53 Å². The third-order valence-electron chi connectivity index (χ3n) is 5.90. The number of benzene rings is 2. The zero-order chi connectivity index (χ0) is 22.3. The van der Waals surface area contributed by atoms with Gasteiger partial charge in [0, 0.05) is 37.8 Å². The van der Waals surface area contributed by atoms with Gasteiger partial charge in [0.1, 0.15) is 17.2 Å². The van der Waals surface area contributed by atoms with Crippen molar-refractivity contribution in [2.45, 2.75) is 51.7 Å². The topological polar surface area (TPSA) is 60.0 Å². The summed E-state index contributed by atoms with van der Waals surface area (Å²) in [5.74, 6) is 3.19. The molecule has 0 spiro atoms. The molecule has 6 heteroatoms. The molecule has 1 amide bonds. The predicted molar refractivity (Wildman–Crippen MR) is 126 cm³/mol. The maximum atomic E-state index is 11.1. The van der Waals surface area contributed by atoms with E-state index in [0.717, 1.165) is 55.7 Å². The first-order valence-corrected chi connectivity index (χ1v) is 11.7. The van der Waals surface area contributed by atoms with Crippen LogP contribution < -0.4 is 19.7 Å².